The van der Waals surface area contributed by atoms with Crippen LogP contribution < -0.4 is 4.90 Å². The molecule has 0 bridgehead atoms. The average molecular weight is 502 g/mol. The number of rotatable bonds is 7. The summed E-state index contributed by atoms with van der Waals surface area (Å²) >= 11 is 1.02. The summed E-state index contributed by atoms with van der Waals surface area (Å²) in [5.74, 6) is -1.85. The molecule has 6 nitrogen and oxygen atoms in total. The molecule has 10 heteroatoms. The monoisotopic (exact) mass is 501 g/mol. The zero-order chi connectivity index (χ0) is 24.5. The second-order valence-corrected chi connectivity index (χ2v) is 11.5. The average Bonchev–Trinajstić information content (AvgIpc) is 3.22. The molecule has 0 spiro atoms. The van der Waals surface area contributed by atoms with Crippen molar-refractivity contribution >= 4 is 42.4 Å². The van der Waals surface area contributed by atoms with E-state index in [1.807, 2.05) is 0 Å². The van der Waals surface area contributed by atoms with Crippen molar-refractivity contribution in [2.24, 2.45) is 0 Å². The first-order chi connectivity index (χ1) is 16.1. The molecule has 0 N–H and O–H groups in total. The number of nitrogens with zero attached hydrogens (tertiary/aromatic N) is 3. The van der Waals surface area contributed by atoms with Crippen molar-refractivity contribution in [2.45, 2.75) is 37.0 Å². The molecule has 2 heterocycles. The minimum atomic E-state index is -3.42. The van der Waals surface area contributed by atoms with Crippen LogP contribution in [0.15, 0.2) is 65.8 Å². The number of aromatic nitrogens is 2. The van der Waals surface area contributed by atoms with Crippen molar-refractivity contribution in [3.05, 3.63) is 83.7 Å². The zero-order valence-electron chi connectivity index (χ0n) is 18.4. The van der Waals surface area contributed by atoms with E-state index in [1.165, 1.54) is 23.1 Å². The van der Waals surface area contributed by atoms with Gasteiger partial charge in [-0.2, -0.15) is 0 Å². The second kappa shape index (κ2) is 9.55. The van der Waals surface area contributed by atoms with Crippen LogP contribution in [0.5, 0.6) is 0 Å². The van der Waals surface area contributed by atoms with Gasteiger partial charge in [0.25, 0.3) is 0 Å². The van der Waals surface area contributed by atoms with Gasteiger partial charge in [0, 0.05) is 18.5 Å². The largest absolute Gasteiger partial charge is 0.283 e. The summed E-state index contributed by atoms with van der Waals surface area (Å²) < 4.78 is 52.9. The Bertz CT molecular complexity index is 1440. The number of amides is 1. The molecule has 176 valence electrons. The van der Waals surface area contributed by atoms with E-state index in [-0.39, 0.29) is 34.4 Å². The summed E-state index contributed by atoms with van der Waals surface area (Å²) in [6.07, 6.45) is 3.19. The van der Waals surface area contributed by atoms with Crippen molar-refractivity contribution in [1.82, 2.24) is 9.97 Å². The first-order valence-corrected chi connectivity index (χ1v) is 12.8. The van der Waals surface area contributed by atoms with Gasteiger partial charge in [-0.3, -0.25) is 14.7 Å². The highest BCUT2D eigenvalue weighted by Crippen LogP contribution is 2.32. The van der Waals surface area contributed by atoms with Crippen molar-refractivity contribution in [2.75, 3.05) is 4.90 Å². The minimum Gasteiger partial charge on any atom is -0.283 e. The molecule has 0 unspecified atom stereocenters. The summed E-state index contributed by atoms with van der Waals surface area (Å²) in [5, 5.41) is -0.327. The number of sulfone groups is 1. The quantitative estimate of drug-likeness (QED) is 0.359. The third-order valence-corrected chi connectivity index (χ3v) is 8.42. The van der Waals surface area contributed by atoms with Crippen molar-refractivity contribution in [3.63, 3.8) is 0 Å². The molecule has 0 atom stereocenters. The fraction of sp³-hybridized carbons (Fsp3) is 0.208. The highest BCUT2D eigenvalue weighted by molar-refractivity contribution is 7.92. The number of carbonyl (C=O) groups excluding carboxylic acids is 1. The van der Waals surface area contributed by atoms with Crippen LogP contribution in [-0.2, 0) is 27.6 Å². The molecule has 2 aromatic carbocycles. The van der Waals surface area contributed by atoms with Crippen molar-refractivity contribution in [1.29, 1.82) is 0 Å². The molecule has 2 aromatic heterocycles. The molecule has 0 saturated carbocycles. The van der Waals surface area contributed by atoms with Crippen LogP contribution in [0.25, 0.3) is 10.2 Å². The topological polar surface area (TPSA) is 80.2 Å². The van der Waals surface area contributed by atoms with Gasteiger partial charge < -0.3 is 0 Å². The number of carbonyl (C=O) groups is 1. The second-order valence-electron chi connectivity index (χ2n) is 7.99. The van der Waals surface area contributed by atoms with E-state index < -0.39 is 26.7 Å². The Morgan fingerprint density at radius 2 is 1.82 bits per heavy atom. The summed E-state index contributed by atoms with van der Waals surface area (Å²) in [6.45, 7) is 3.35. The summed E-state index contributed by atoms with van der Waals surface area (Å²) in [7, 11) is -3.42. The zero-order valence-corrected chi connectivity index (χ0v) is 20.0. The number of hydrogen-bond donors (Lipinski definition) is 0. The van der Waals surface area contributed by atoms with Crippen molar-refractivity contribution < 1.29 is 22.0 Å². The Morgan fingerprint density at radius 1 is 1.09 bits per heavy atom. The maximum atomic E-state index is 14.2. The number of anilines is 1. The molecule has 1 amide bonds. The van der Waals surface area contributed by atoms with E-state index >= 15 is 0 Å². The molecule has 4 rings (SSSR count). The van der Waals surface area contributed by atoms with Gasteiger partial charge >= 0.3 is 0 Å². The van der Waals surface area contributed by atoms with Crippen molar-refractivity contribution in [3.8, 4) is 0 Å². The van der Waals surface area contributed by atoms with Crippen LogP contribution >= 0.6 is 11.3 Å². The third kappa shape index (κ3) is 4.97. The lowest BCUT2D eigenvalue weighted by Gasteiger charge is -2.20. The molecule has 34 heavy (non-hydrogen) atoms. The summed E-state index contributed by atoms with van der Waals surface area (Å²) in [6, 6.07) is 11.6. The molecular weight excluding hydrogens is 480 g/mol. The molecule has 0 radical (unpaired) electrons. The Labute approximate surface area is 199 Å². The minimum absolute atomic E-state index is 0.00590. The highest BCUT2D eigenvalue weighted by Gasteiger charge is 2.23. The Morgan fingerprint density at radius 3 is 2.47 bits per heavy atom. The maximum Gasteiger partial charge on any atom is 0.233 e. The van der Waals surface area contributed by atoms with E-state index in [9.17, 15) is 22.0 Å². The van der Waals surface area contributed by atoms with Crippen LogP contribution in [0, 0.1) is 11.6 Å². The molecular formula is C24H21F2N3O3S2. The molecule has 0 aliphatic carbocycles. The molecule has 0 aliphatic heterocycles. The third-order valence-electron chi connectivity index (χ3n) is 5.23. The SMILES string of the molecule is CC(C)S(=O)(=O)c1ccc(CC(=O)N(Cc2cccnc2)c2nc3c(F)cc(F)cc3s2)cc1. The van der Waals surface area contributed by atoms with Crippen LogP contribution in [0.4, 0.5) is 13.9 Å². The normalized spacial score (nSPS) is 11.8. The Kier molecular flexibility index (Phi) is 6.72. The van der Waals surface area contributed by atoms with Gasteiger partial charge in [-0.15, -0.1) is 0 Å². The van der Waals surface area contributed by atoms with Gasteiger partial charge in [-0.05, 0) is 49.2 Å². The predicted octanol–water partition coefficient (Wildman–Crippen LogP) is 4.93. The number of fused-ring (bicyclic) bond motifs is 1. The fourth-order valence-corrected chi connectivity index (χ4v) is 5.42. The van der Waals surface area contributed by atoms with Gasteiger partial charge in [0.15, 0.2) is 20.8 Å². The number of hydrogen-bond acceptors (Lipinski definition) is 6. The summed E-state index contributed by atoms with van der Waals surface area (Å²) in [5.41, 5.74) is 1.34. The highest BCUT2D eigenvalue weighted by atomic mass is 32.2. The standard InChI is InChI=1S/C24H21F2N3O3S2/c1-15(2)34(31,32)19-7-5-16(6-8-19)10-22(30)29(14-17-4-3-9-27-13-17)24-28-23-20(26)11-18(25)12-21(23)33-24/h3-9,11-13,15H,10,14H2,1-2H3. The van der Waals surface area contributed by atoms with Crippen LogP contribution in [0.3, 0.4) is 0 Å². The molecule has 4 aromatic rings. The van der Waals surface area contributed by atoms with E-state index in [1.54, 1.807) is 50.5 Å². The lowest BCUT2D eigenvalue weighted by molar-refractivity contribution is -0.118. The summed E-state index contributed by atoms with van der Waals surface area (Å²) in [4.78, 5) is 23.2. The van der Waals surface area contributed by atoms with Gasteiger partial charge in [0.2, 0.25) is 5.91 Å². The van der Waals surface area contributed by atoms with Gasteiger partial charge in [0.05, 0.1) is 27.8 Å². The molecule has 0 saturated heterocycles. The van der Waals surface area contributed by atoms with Crippen LogP contribution in [0.1, 0.15) is 25.0 Å². The smallest absolute Gasteiger partial charge is 0.233 e. The molecule has 0 aliphatic rings. The lowest BCUT2D eigenvalue weighted by atomic mass is 10.1. The Balaban J connectivity index is 1.65. The number of thiazole rings is 1. The van der Waals surface area contributed by atoms with E-state index in [0.717, 1.165) is 23.0 Å². The maximum absolute atomic E-state index is 14.2. The van der Waals surface area contributed by atoms with Gasteiger partial charge in [-0.25, -0.2) is 22.2 Å². The van der Waals surface area contributed by atoms with Gasteiger partial charge in [-0.1, -0.05) is 29.5 Å². The van der Waals surface area contributed by atoms with E-state index in [0.29, 0.717) is 10.3 Å². The van der Waals surface area contributed by atoms with Crippen LogP contribution in [0.2, 0.25) is 0 Å². The predicted molar refractivity (Wildman–Crippen MR) is 127 cm³/mol. The molecule has 0 fully saturated rings. The van der Waals surface area contributed by atoms with Gasteiger partial charge in [0.1, 0.15) is 11.3 Å². The fourth-order valence-electron chi connectivity index (χ4n) is 3.34. The van der Waals surface area contributed by atoms with E-state index in [4.69, 9.17) is 0 Å². The number of pyridine rings is 1. The Hall–Kier alpha value is -3.24. The number of benzene rings is 2. The number of halogens is 2. The van der Waals surface area contributed by atoms with Crippen LogP contribution in [-0.4, -0.2) is 29.5 Å². The first-order valence-electron chi connectivity index (χ1n) is 10.4. The lowest BCUT2D eigenvalue weighted by Crippen LogP contribution is -2.31. The first kappa shape index (κ1) is 23.9. The van der Waals surface area contributed by atoms with E-state index in [2.05, 4.69) is 9.97 Å².